The number of amides is 1. The van der Waals surface area contributed by atoms with Gasteiger partial charge in [0, 0.05) is 11.1 Å². The molecule has 2 atom stereocenters. The summed E-state index contributed by atoms with van der Waals surface area (Å²) in [6, 6.07) is 15.0. The summed E-state index contributed by atoms with van der Waals surface area (Å²) in [6.45, 7) is 3.90. The van der Waals surface area contributed by atoms with E-state index in [9.17, 15) is 14.4 Å². The molecule has 2 aromatic carbocycles. The molecule has 0 bridgehead atoms. The molecule has 31 heavy (non-hydrogen) atoms. The lowest BCUT2D eigenvalue weighted by molar-refractivity contribution is -0.117. The number of hydrogen-bond acceptors (Lipinski definition) is 5. The van der Waals surface area contributed by atoms with Gasteiger partial charge >= 0.3 is 0 Å². The lowest BCUT2D eigenvalue weighted by Crippen LogP contribution is -2.27. The minimum atomic E-state index is -0.575. The third kappa shape index (κ3) is 4.24. The Hall–Kier alpha value is -3.79. The number of halogens is 1. The van der Waals surface area contributed by atoms with Gasteiger partial charge in [0.15, 0.2) is 5.75 Å². The molecule has 6 nitrogen and oxygen atoms in total. The van der Waals surface area contributed by atoms with Crippen molar-refractivity contribution < 1.29 is 13.9 Å². The average molecular weight is 416 g/mol. The van der Waals surface area contributed by atoms with Crippen LogP contribution in [0.2, 0.25) is 0 Å². The summed E-state index contributed by atoms with van der Waals surface area (Å²) in [5, 5.41) is 12.2. The van der Waals surface area contributed by atoms with Crippen LogP contribution in [0.5, 0.6) is 5.75 Å². The summed E-state index contributed by atoms with van der Waals surface area (Å²) in [7, 11) is 0. The molecule has 1 saturated carbocycles. The van der Waals surface area contributed by atoms with Crippen LogP contribution in [0.4, 0.5) is 10.1 Å². The van der Waals surface area contributed by atoms with E-state index < -0.39 is 5.41 Å². The molecule has 1 fully saturated rings. The van der Waals surface area contributed by atoms with Crippen LogP contribution in [0.3, 0.4) is 0 Å². The molecule has 1 N–H and O–H groups in total. The Morgan fingerprint density at radius 1 is 1.29 bits per heavy atom. The van der Waals surface area contributed by atoms with Gasteiger partial charge in [-0.15, -0.1) is 0 Å². The third-order valence-electron chi connectivity index (χ3n) is 5.61. The van der Waals surface area contributed by atoms with Gasteiger partial charge in [0.05, 0.1) is 36.0 Å². The maximum absolute atomic E-state index is 13.2. The van der Waals surface area contributed by atoms with E-state index in [4.69, 9.17) is 4.74 Å². The van der Waals surface area contributed by atoms with Crippen LogP contribution in [0.1, 0.15) is 29.1 Å². The molecule has 0 aliphatic heterocycles. The molecule has 0 unspecified atom stereocenters. The predicted molar refractivity (Wildman–Crippen MR) is 113 cm³/mol. The van der Waals surface area contributed by atoms with Crippen LogP contribution < -0.4 is 10.1 Å². The van der Waals surface area contributed by atoms with Gasteiger partial charge in [-0.2, -0.15) is 5.26 Å². The second kappa shape index (κ2) is 8.15. The first kappa shape index (κ1) is 20.5. The molecule has 1 aromatic heterocycles. The highest BCUT2D eigenvalue weighted by Gasteiger charge is 2.60. The Bertz CT molecular complexity index is 1170. The summed E-state index contributed by atoms with van der Waals surface area (Å²) in [6.07, 6.45) is 2.20. The minimum Gasteiger partial charge on any atom is -0.489 e. The van der Waals surface area contributed by atoms with Crippen molar-refractivity contribution in [1.29, 1.82) is 5.26 Å². The van der Waals surface area contributed by atoms with E-state index >= 15 is 0 Å². The molecule has 1 aliphatic carbocycles. The van der Waals surface area contributed by atoms with Crippen LogP contribution >= 0.6 is 0 Å². The van der Waals surface area contributed by atoms with Crippen molar-refractivity contribution in [3.05, 3.63) is 83.2 Å². The number of aryl methyl sites for hydroxylation is 2. The Morgan fingerprint density at radius 3 is 2.77 bits per heavy atom. The molecular formula is C24H21FN4O2. The Morgan fingerprint density at radius 2 is 2.06 bits per heavy atom. The number of nitrogens with one attached hydrogen (secondary N) is 1. The van der Waals surface area contributed by atoms with Gasteiger partial charge in [-0.1, -0.05) is 12.1 Å². The Kier molecular flexibility index (Phi) is 5.38. The van der Waals surface area contributed by atoms with Gasteiger partial charge in [0.2, 0.25) is 5.91 Å². The molecule has 7 heteroatoms. The number of hydrogen-bond donors (Lipinski definition) is 1. The first-order chi connectivity index (χ1) is 14.9. The number of carbonyl (C=O) groups excluding carboxylic acids is 1. The smallest absolute Gasteiger partial charge is 0.228 e. The number of anilines is 1. The van der Waals surface area contributed by atoms with Crippen molar-refractivity contribution in [2.75, 3.05) is 11.9 Å². The fourth-order valence-corrected chi connectivity index (χ4v) is 3.79. The van der Waals surface area contributed by atoms with Crippen LogP contribution in [0.15, 0.2) is 54.7 Å². The summed E-state index contributed by atoms with van der Waals surface area (Å²) in [5.74, 6) is 0.332. The summed E-state index contributed by atoms with van der Waals surface area (Å²) < 4.78 is 19.2. The maximum atomic E-state index is 13.2. The molecule has 0 radical (unpaired) electrons. The molecule has 3 aromatic rings. The number of ether oxygens (including phenoxy) is 1. The fraction of sp³-hybridized carbons (Fsp3) is 0.250. The van der Waals surface area contributed by atoms with Gasteiger partial charge in [-0.25, -0.2) is 14.4 Å². The first-order valence-corrected chi connectivity index (χ1v) is 9.91. The standard InChI is InChI=1S/C24H21FN4O2/c1-15-22(13-27-16(2)28-15)31-14-24(18-5-3-4-17(10-18)12-26)11-21(24)23(30)29-20-8-6-19(25)7-9-20/h3-10,13,21H,11,14H2,1-2H3,(H,29,30)/t21-,24+/m0/s1. The van der Waals surface area contributed by atoms with Crippen molar-refractivity contribution in [3.63, 3.8) is 0 Å². The van der Waals surface area contributed by atoms with Crippen molar-refractivity contribution in [2.24, 2.45) is 5.92 Å². The minimum absolute atomic E-state index is 0.172. The quantitative estimate of drug-likeness (QED) is 0.654. The van der Waals surface area contributed by atoms with Crippen LogP contribution in [0.25, 0.3) is 0 Å². The normalized spacial score (nSPS) is 19.4. The number of benzene rings is 2. The molecule has 156 valence electrons. The van der Waals surface area contributed by atoms with Crippen LogP contribution in [-0.4, -0.2) is 22.5 Å². The van der Waals surface area contributed by atoms with E-state index in [0.717, 1.165) is 11.3 Å². The van der Waals surface area contributed by atoms with E-state index in [0.29, 0.717) is 29.2 Å². The molecule has 1 amide bonds. The van der Waals surface area contributed by atoms with Gasteiger partial charge < -0.3 is 10.1 Å². The molecule has 0 saturated heterocycles. The SMILES string of the molecule is Cc1ncc(OC[C@@]2(c3cccc(C#N)c3)C[C@H]2C(=O)Nc2ccc(F)cc2)c(C)n1. The van der Waals surface area contributed by atoms with Crippen molar-refractivity contribution in [1.82, 2.24) is 9.97 Å². The second-order valence-corrected chi connectivity index (χ2v) is 7.76. The Labute approximate surface area is 179 Å². The predicted octanol–water partition coefficient (Wildman–Crippen LogP) is 4.08. The number of rotatable bonds is 6. The molecule has 0 spiro atoms. The van der Waals surface area contributed by atoms with Crippen molar-refractivity contribution in [3.8, 4) is 11.8 Å². The van der Waals surface area contributed by atoms with Gasteiger partial charge in [0.25, 0.3) is 0 Å². The third-order valence-corrected chi connectivity index (χ3v) is 5.61. The highest BCUT2D eigenvalue weighted by atomic mass is 19.1. The largest absolute Gasteiger partial charge is 0.489 e. The topological polar surface area (TPSA) is 87.9 Å². The monoisotopic (exact) mass is 416 g/mol. The van der Waals surface area contributed by atoms with Crippen LogP contribution in [0, 0.1) is 36.9 Å². The number of nitriles is 1. The van der Waals surface area contributed by atoms with E-state index in [-0.39, 0.29) is 24.2 Å². The fourth-order valence-electron chi connectivity index (χ4n) is 3.79. The van der Waals surface area contributed by atoms with Gasteiger partial charge in [0.1, 0.15) is 11.6 Å². The summed E-state index contributed by atoms with van der Waals surface area (Å²) >= 11 is 0. The summed E-state index contributed by atoms with van der Waals surface area (Å²) in [4.78, 5) is 21.5. The maximum Gasteiger partial charge on any atom is 0.228 e. The van der Waals surface area contributed by atoms with E-state index in [1.54, 1.807) is 18.3 Å². The molecule has 1 aliphatic rings. The Balaban J connectivity index is 1.59. The van der Waals surface area contributed by atoms with E-state index in [1.807, 2.05) is 26.0 Å². The second-order valence-electron chi connectivity index (χ2n) is 7.76. The van der Waals surface area contributed by atoms with E-state index in [1.165, 1.54) is 24.3 Å². The summed E-state index contributed by atoms with van der Waals surface area (Å²) in [5.41, 5.74) is 2.07. The van der Waals surface area contributed by atoms with Crippen molar-refractivity contribution >= 4 is 11.6 Å². The number of nitrogens with zero attached hydrogens (tertiary/aromatic N) is 3. The average Bonchev–Trinajstić information content (AvgIpc) is 3.51. The van der Waals surface area contributed by atoms with Gasteiger partial charge in [-0.3, -0.25) is 4.79 Å². The van der Waals surface area contributed by atoms with Crippen molar-refractivity contribution in [2.45, 2.75) is 25.7 Å². The van der Waals surface area contributed by atoms with Gasteiger partial charge in [-0.05, 0) is 62.2 Å². The first-order valence-electron chi connectivity index (χ1n) is 9.91. The molecule has 1 heterocycles. The number of aromatic nitrogens is 2. The number of carbonyl (C=O) groups is 1. The zero-order chi connectivity index (χ0) is 22.0. The lowest BCUT2D eigenvalue weighted by Gasteiger charge is -2.20. The highest BCUT2D eigenvalue weighted by molar-refractivity contribution is 5.96. The molecule has 4 rings (SSSR count). The lowest BCUT2D eigenvalue weighted by atomic mass is 9.92. The zero-order valence-electron chi connectivity index (χ0n) is 17.2. The zero-order valence-corrected chi connectivity index (χ0v) is 17.2. The highest BCUT2D eigenvalue weighted by Crippen LogP contribution is 2.55. The van der Waals surface area contributed by atoms with Crippen LogP contribution in [-0.2, 0) is 10.2 Å². The van der Waals surface area contributed by atoms with E-state index in [2.05, 4.69) is 21.4 Å². The molecular weight excluding hydrogens is 395 g/mol.